The number of hydrogen-bond acceptors (Lipinski definition) is 3. The predicted molar refractivity (Wildman–Crippen MR) is 79.2 cm³/mol. The maximum atomic E-state index is 12.4. The van der Waals surface area contributed by atoms with Crippen LogP contribution in [-0.2, 0) is 6.54 Å². The maximum absolute atomic E-state index is 12.4. The second-order valence-corrected chi connectivity index (χ2v) is 5.79. The number of amides is 2. The zero-order valence-electron chi connectivity index (χ0n) is 13.1. The van der Waals surface area contributed by atoms with Crippen molar-refractivity contribution in [3.05, 3.63) is 28.7 Å². The average Bonchev–Trinajstić information content (AvgIpc) is 2.39. The Bertz CT molecular complexity index is 609. The van der Waals surface area contributed by atoms with Crippen molar-refractivity contribution in [1.29, 1.82) is 0 Å². The number of pyridine rings is 1. The predicted octanol–water partition coefficient (Wildman–Crippen LogP) is 1.94. The van der Waals surface area contributed by atoms with Crippen molar-refractivity contribution in [1.82, 2.24) is 9.88 Å². The van der Waals surface area contributed by atoms with Crippen molar-refractivity contribution in [3.63, 3.8) is 0 Å². The number of hydrogen-bond donors (Lipinski definition) is 3. The fourth-order valence-electron chi connectivity index (χ4n) is 1.58. The monoisotopic (exact) mass is 335 g/mol. The van der Waals surface area contributed by atoms with Crippen molar-refractivity contribution in [2.75, 3.05) is 11.9 Å². The number of nitrogens with zero attached hydrogens (tertiary/aromatic N) is 1. The topological polar surface area (TPSA) is 83.4 Å². The highest BCUT2D eigenvalue weighted by molar-refractivity contribution is 5.88. The Morgan fingerprint density at radius 1 is 1.39 bits per heavy atom. The summed E-state index contributed by atoms with van der Waals surface area (Å²) >= 11 is 0. The quantitative estimate of drug-likeness (QED) is 0.769. The van der Waals surface area contributed by atoms with E-state index >= 15 is 0 Å². The summed E-state index contributed by atoms with van der Waals surface area (Å²) in [7, 11) is 0. The van der Waals surface area contributed by atoms with Crippen LogP contribution in [0.2, 0.25) is 0 Å². The second-order valence-electron chi connectivity index (χ2n) is 5.79. The van der Waals surface area contributed by atoms with E-state index in [-0.39, 0.29) is 18.2 Å². The molecular weight excluding hydrogens is 315 g/mol. The molecule has 0 aliphatic heterocycles. The Labute approximate surface area is 131 Å². The van der Waals surface area contributed by atoms with E-state index in [9.17, 15) is 27.9 Å². The van der Waals surface area contributed by atoms with Crippen molar-refractivity contribution < 1.29 is 23.1 Å². The van der Waals surface area contributed by atoms with E-state index in [4.69, 9.17) is 0 Å². The first-order chi connectivity index (χ1) is 10.4. The summed E-state index contributed by atoms with van der Waals surface area (Å²) in [5, 5.41) is 14.6. The van der Waals surface area contributed by atoms with Gasteiger partial charge in [0.05, 0.1) is 5.60 Å². The molecule has 6 nitrogen and oxygen atoms in total. The van der Waals surface area contributed by atoms with E-state index in [1.807, 2.05) is 0 Å². The molecule has 0 fully saturated rings. The van der Waals surface area contributed by atoms with Crippen LogP contribution in [0, 0.1) is 5.92 Å². The Morgan fingerprint density at radius 3 is 2.52 bits per heavy atom. The zero-order valence-corrected chi connectivity index (χ0v) is 13.1. The molecule has 0 spiro atoms. The Hall–Kier alpha value is -2.03. The third kappa shape index (κ3) is 5.93. The molecule has 1 atom stereocenters. The van der Waals surface area contributed by atoms with Crippen LogP contribution in [0.15, 0.2) is 23.1 Å². The van der Waals surface area contributed by atoms with E-state index in [1.54, 1.807) is 13.8 Å². The number of nitrogens with one attached hydrogen (secondary N) is 2. The molecule has 3 N–H and O–H groups in total. The second kappa shape index (κ2) is 7.03. The van der Waals surface area contributed by atoms with Gasteiger partial charge in [0.15, 0.2) is 0 Å². The lowest BCUT2D eigenvalue weighted by molar-refractivity contribution is -0.141. The van der Waals surface area contributed by atoms with Gasteiger partial charge in [-0.15, -0.1) is 0 Å². The SMILES string of the molecule is CC(C)C(C)(O)CNC(=O)Nc1cccn(CC(F)(F)F)c1=O. The number of alkyl halides is 3. The van der Waals surface area contributed by atoms with Gasteiger partial charge in [0.25, 0.3) is 5.56 Å². The van der Waals surface area contributed by atoms with Crippen molar-refractivity contribution >= 4 is 11.7 Å². The summed E-state index contributed by atoms with van der Waals surface area (Å²) in [4.78, 5) is 23.6. The molecule has 0 saturated carbocycles. The minimum absolute atomic E-state index is 0.0694. The van der Waals surface area contributed by atoms with Crippen LogP contribution in [0.25, 0.3) is 0 Å². The number of urea groups is 1. The molecule has 1 heterocycles. The maximum Gasteiger partial charge on any atom is 0.406 e. The first-order valence-electron chi connectivity index (χ1n) is 6.96. The molecule has 130 valence electrons. The van der Waals surface area contributed by atoms with E-state index < -0.39 is 29.9 Å². The lowest BCUT2D eigenvalue weighted by Gasteiger charge is -2.27. The number of carbonyl (C=O) groups excluding carboxylic acids is 1. The molecule has 0 aliphatic carbocycles. The van der Waals surface area contributed by atoms with Gasteiger partial charge in [-0.05, 0) is 25.0 Å². The number of rotatable bonds is 5. The molecular formula is C14H20F3N3O3. The number of carbonyl (C=O) groups is 1. The molecule has 0 aromatic carbocycles. The fourth-order valence-corrected chi connectivity index (χ4v) is 1.58. The highest BCUT2D eigenvalue weighted by Crippen LogP contribution is 2.17. The zero-order chi connectivity index (χ0) is 17.8. The molecule has 0 bridgehead atoms. The lowest BCUT2D eigenvalue weighted by Crippen LogP contribution is -2.46. The molecule has 1 unspecified atom stereocenters. The molecule has 0 aliphatic rings. The van der Waals surface area contributed by atoms with E-state index in [1.165, 1.54) is 19.1 Å². The van der Waals surface area contributed by atoms with Gasteiger partial charge in [-0.3, -0.25) is 4.79 Å². The van der Waals surface area contributed by atoms with E-state index in [0.717, 1.165) is 6.20 Å². The molecule has 1 aromatic heterocycles. The summed E-state index contributed by atoms with van der Waals surface area (Å²) in [6.45, 7) is 3.57. The van der Waals surface area contributed by atoms with Crippen LogP contribution in [-0.4, -0.2) is 34.0 Å². The third-order valence-electron chi connectivity index (χ3n) is 3.47. The number of anilines is 1. The molecule has 0 saturated heterocycles. The molecule has 9 heteroatoms. The largest absolute Gasteiger partial charge is 0.406 e. The van der Waals surface area contributed by atoms with Gasteiger partial charge in [-0.2, -0.15) is 13.2 Å². The molecule has 0 radical (unpaired) electrons. The van der Waals surface area contributed by atoms with Gasteiger partial charge in [-0.25, -0.2) is 4.79 Å². The fraction of sp³-hybridized carbons (Fsp3) is 0.571. The smallest absolute Gasteiger partial charge is 0.388 e. The Kier molecular flexibility index (Phi) is 5.81. The molecule has 2 amide bonds. The van der Waals surface area contributed by atoms with Crippen LogP contribution < -0.4 is 16.2 Å². The first kappa shape index (κ1) is 19.0. The standard InChI is InChI=1S/C14H20F3N3O3/c1-9(2)13(3,23)7-18-12(22)19-10-5-4-6-20(11(10)21)8-14(15,16)17/h4-6,9,23H,7-8H2,1-3H3,(H2,18,19,22). The highest BCUT2D eigenvalue weighted by atomic mass is 19.4. The summed E-state index contributed by atoms with van der Waals surface area (Å²) in [5.41, 5.74) is -2.39. The minimum Gasteiger partial charge on any atom is -0.388 e. The number of aliphatic hydroxyl groups is 1. The number of halogens is 3. The normalized spacial score (nSPS) is 14.4. The molecule has 1 rings (SSSR count). The van der Waals surface area contributed by atoms with Crippen LogP contribution >= 0.6 is 0 Å². The minimum atomic E-state index is -4.54. The van der Waals surface area contributed by atoms with Crippen LogP contribution in [0.1, 0.15) is 20.8 Å². The van der Waals surface area contributed by atoms with Crippen LogP contribution in [0.5, 0.6) is 0 Å². The summed E-state index contributed by atoms with van der Waals surface area (Å²) < 4.78 is 37.5. The average molecular weight is 335 g/mol. The molecule has 1 aromatic rings. The first-order valence-corrected chi connectivity index (χ1v) is 6.96. The van der Waals surface area contributed by atoms with Gasteiger partial charge in [0, 0.05) is 12.7 Å². The summed E-state index contributed by atoms with van der Waals surface area (Å²) in [6.07, 6.45) is -3.55. The van der Waals surface area contributed by atoms with Gasteiger partial charge >= 0.3 is 12.2 Å². The summed E-state index contributed by atoms with van der Waals surface area (Å²) in [6, 6.07) is 1.65. The van der Waals surface area contributed by atoms with Crippen molar-refractivity contribution in [2.45, 2.75) is 39.1 Å². The van der Waals surface area contributed by atoms with Gasteiger partial charge in [-0.1, -0.05) is 13.8 Å². The third-order valence-corrected chi connectivity index (χ3v) is 3.47. The summed E-state index contributed by atoms with van der Waals surface area (Å²) in [5.74, 6) is -0.122. The Balaban J connectivity index is 2.76. The van der Waals surface area contributed by atoms with Gasteiger partial charge < -0.3 is 20.3 Å². The number of aromatic nitrogens is 1. The van der Waals surface area contributed by atoms with Crippen LogP contribution in [0.3, 0.4) is 0 Å². The molecule has 23 heavy (non-hydrogen) atoms. The van der Waals surface area contributed by atoms with E-state index in [2.05, 4.69) is 10.6 Å². The van der Waals surface area contributed by atoms with Gasteiger partial charge in [0.1, 0.15) is 12.2 Å². The lowest BCUT2D eigenvalue weighted by atomic mass is 9.93. The van der Waals surface area contributed by atoms with Crippen molar-refractivity contribution in [2.24, 2.45) is 5.92 Å². The van der Waals surface area contributed by atoms with Gasteiger partial charge in [0.2, 0.25) is 0 Å². The van der Waals surface area contributed by atoms with E-state index in [0.29, 0.717) is 4.57 Å². The highest BCUT2D eigenvalue weighted by Gasteiger charge is 2.29. The Morgan fingerprint density at radius 2 is 2.00 bits per heavy atom. The van der Waals surface area contributed by atoms with Crippen molar-refractivity contribution in [3.8, 4) is 0 Å². The van der Waals surface area contributed by atoms with Crippen LogP contribution in [0.4, 0.5) is 23.7 Å².